The molecule has 1 heterocycles. The topological polar surface area (TPSA) is 55.1 Å². The maximum atomic E-state index is 10.3. The number of amides is 1. The van der Waals surface area contributed by atoms with Crippen molar-refractivity contribution in [1.82, 2.24) is 4.72 Å². The molecule has 0 aromatic rings. The van der Waals surface area contributed by atoms with Gasteiger partial charge in [-0.3, -0.25) is 4.79 Å². The van der Waals surface area contributed by atoms with Gasteiger partial charge in [0, 0.05) is 6.20 Å². The predicted octanol–water partition coefficient (Wildman–Crippen LogP) is 0.704. The maximum absolute atomic E-state index is 10.3. The number of carbonyl (C=O) groups excluding carboxylic acids is 1. The summed E-state index contributed by atoms with van der Waals surface area (Å²) < 4.78 is 2.83. The second kappa shape index (κ2) is 2.32. The molecule has 1 unspecified atom stereocenters. The van der Waals surface area contributed by atoms with Crippen LogP contribution in [-0.2, 0) is 0 Å². The number of nitrogens with two attached hydrogens (primary N) is 1. The number of hydrogen-bond donors (Lipinski definition) is 3. The van der Waals surface area contributed by atoms with E-state index in [1.807, 2.05) is 5.41 Å². The van der Waals surface area contributed by atoms with Crippen LogP contribution >= 0.6 is 20.9 Å². The molecule has 5 heteroatoms. The zero-order chi connectivity index (χ0) is 5.98. The molecule has 0 saturated heterocycles. The first-order valence-corrected chi connectivity index (χ1v) is 4.81. The molecule has 1 amide bonds. The normalized spacial score (nSPS) is 29.8. The third-order valence-electron chi connectivity index (χ3n) is 0.626. The lowest BCUT2D eigenvalue weighted by Gasteiger charge is -2.06. The van der Waals surface area contributed by atoms with Crippen LogP contribution in [-0.4, -0.2) is 5.24 Å². The summed E-state index contributed by atoms with van der Waals surface area (Å²) in [5.74, 6) is 0. The quantitative estimate of drug-likeness (QED) is 0.352. The average molecular weight is 150 g/mol. The van der Waals surface area contributed by atoms with Gasteiger partial charge in [-0.15, -0.1) is 0 Å². The van der Waals surface area contributed by atoms with Crippen molar-refractivity contribution in [2.45, 2.75) is 0 Å². The molecule has 3 N–H and O–H groups in total. The summed E-state index contributed by atoms with van der Waals surface area (Å²) in [6.45, 7) is 0. The summed E-state index contributed by atoms with van der Waals surface area (Å²) in [4.78, 5) is 10.3. The SMILES string of the molecule is NC(=O)[SH]1NC=CS1. The van der Waals surface area contributed by atoms with E-state index in [1.54, 1.807) is 6.20 Å². The zero-order valence-corrected chi connectivity index (χ0v) is 5.71. The summed E-state index contributed by atoms with van der Waals surface area (Å²) >= 11 is 0. The van der Waals surface area contributed by atoms with E-state index in [0.717, 1.165) is 0 Å². The number of thiol groups is 1. The molecular weight excluding hydrogens is 144 g/mol. The van der Waals surface area contributed by atoms with Crippen LogP contribution in [0.2, 0.25) is 0 Å². The Bertz CT molecular complexity index is 127. The van der Waals surface area contributed by atoms with Gasteiger partial charge in [-0.2, -0.15) is 0 Å². The Morgan fingerprint density at radius 1 is 1.88 bits per heavy atom. The fourth-order valence-corrected chi connectivity index (χ4v) is 2.41. The maximum Gasteiger partial charge on any atom is 0.282 e. The van der Waals surface area contributed by atoms with E-state index < -0.39 is 10.1 Å². The van der Waals surface area contributed by atoms with Crippen molar-refractivity contribution >= 4 is 26.1 Å². The smallest absolute Gasteiger partial charge is 0.282 e. The minimum absolute atomic E-state index is 0.255. The predicted molar refractivity (Wildman–Crippen MR) is 38.4 cm³/mol. The highest BCUT2D eigenvalue weighted by Gasteiger charge is 2.09. The Morgan fingerprint density at radius 3 is 2.88 bits per heavy atom. The van der Waals surface area contributed by atoms with Gasteiger partial charge in [0.25, 0.3) is 5.24 Å². The third kappa shape index (κ3) is 1.10. The van der Waals surface area contributed by atoms with Gasteiger partial charge in [-0.05, 0) is 15.5 Å². The summed E-state index contributed by atoms with van der Waals surface area (Å²) in [6.07, 6.45) is 1.74. The molecule has 0 aliphatic carbocycles. The molecule has 1 atom stereocenters. The molecule has 0 saturated carbocycles. The van der Waals surface area contributed by atoms with Gasteiger partial charge in [-0.1, -0.05) is 10.8 Å². The van der Waals surface area contributed by atoms with Gasteiger partial charge in [-0.25, -0.2) is 0 Å². The largest absolute Gasteiger partial charge is 0.360 e. The van der Waals surface area contributed by atoms with E-state index in [0.29, 0.717) is 0 Å². The molecule has 1 rings (SSSR count). The van der Waals surface area contributed by atoms with Crippen molar-refractivity contribution in [3.8, 4) is 0 Å². The molecule has 0 bridgehead atoms. The Labute approximate surface area is 53.6 Å². The van der Waals surface area contributed by atoms with Gasteiger partial charge in [0.05, 0.1) is 0 Å². The molecule has 0 radical (unpaired) electrons. The molecule has 1 aliphatic rings. The van der Waals surface area contributed by atoms with Crippen LogP contribution in [0.25, 0.3) is 0 Å². The van der Waals surface area contributed by atoms with Crippen molar-refractivity contribution < 1.29 is 4.79 Å². The van der Waals surface area contributed by atoms with Gasteiger partial charge < -0.3 is 10.5 Å². The lowest BCUT2D eigenvalue weighted by atomic mass is 11.1. The first-order chi connectivity index (χ1) is 3.80. The van der Waals surface area contributed by atoms with Crippen molar-refractivity contribution in [2.24, 2.45) is 5.73 Å². The number of hydrogen-bond acceptors (Lipinski definition) is 3. The average Bonchev–Trinajstić information content (AvgIpc) is 2.12. The number of primary amides is 1. The number of carbonyl (C=O) groups is 1. The first-order valence-electron chi connectivity index (χ1n) is 1.98. The van der Waals surface area contributed by atoms with Gasteiger partial charge in [0.1, 0.15) is 0 Å². The van der Waals surface area contributed by atoms with Crippen LogP contribution in [0.1, 0.15) is 0 Å². The highest BCUT2D eigenvalue weighted by Crippen LogP contribution is 2.40. The number of nitrogens with one attached hydrogen (secondary N) is 1. The van der Waals surface area contributed by atoms with E-state index in [-0.39, 0.29) is 5.24 Å². The van der Waals surface area contributed by atoms with Crippen LogP contribution in [0.15, 0.2) is 11.6 Å². The Hall–Kier alpha value is -0.290. The third-order valence-corrected chi connectivity index (χ3v) is 3.73. The van der Waals surface area contributed by atoms with Crippen molar-refractivity contribution in [2.75, 3.05) is 0 Å². The van der Waals surface area contributed by atoms with Crippen LogP contribution < -0.4 is 10.5 Å². The molecule has 1 aliphatic heterocycles. The summed E-state index contributed by atoms with van der Waals surface area (Å²) in [5, 5.41) is 1.58. The van der Waals surface area contributed by atoms with Crippen LogP contribution in [0, 0.1) is 0 Å². The van der Waals surface area contributed by atoms with Gasteiger partial charge in [0.15, 0.2) is 0 Å². The molecule has 46 valence electrons. The fourth-order valence-electron chi connectivity index (χ4n) is 0.335. The second-order valence-electron chi connectivity index (χ2n) is 1.17. The van der Waals surface area contributed by atoms with Crippen molar-refractivity contribution in [1.29, 1.82) is 0 Å². The van der Waals surface area contributed by atoms with E-state index in [9.17, 15) is 4.79 Å². The van der Waals surface area contributed by atoms with E-state index in [2.05, 4.69) is 4.72 Å². The van der Waals surface area contributed by atoms with Crippen molar-refractivity contribution in [3.05, 3.63) is 11.6 Å². The lowest BCUT2D eigenvalue weighted by Crippen LogP contribution is -2.11. The monoisotopic (exact) mass is 150 g/mol. The second-order valence-corrected chi connectivity index (χ2v) is 4.67. The van der Waals surface area contributed by atoms with Gasteiger partial charge in [0.2, 0.25) is 0 Å². The van der Waals surface area contributed by atoms with Crippen LogP contribution in [0.5, 0.6) is 0 Å². The Kier molecular flexibility index (Phi) is 1.69. The molecule has 3 nitrogen and oxygen atoms in total. The number of rotatable bonds is 0. The molecule has 8 heavy (non-hydrogen) atoms. The summed E-state index contributed by atoms with van der Waals surface area (Å²) in [5.41, 5.74) is 4.96. The molecular formula is C3H6N2OS2. The standard InChI is InChI=1S/C3H6N2OS2/c4-3(6)8-5-1-2-7-8/h1-2,5,8H,(H2,4,6). The molecule has 0 aromatic heterocycles. The first kappa shape index (κ1) is 5.84. The molecule has 0 spiro atoms. The van der Waals surface area contributed by atoms with Crippen LogP contribution in [0.3, 0.4) is 0 Å². The van der Waals surface area contributed by atoms with E-state index in [4.69, 9.17) is 5.73 Å². The summed E-state index contributed by atoms with van der Waals surface area (Å²) in [7, 11) is 0.639. The minimum atomic E-state index is -0.810. The van der Waals surface area contributed by atoms with Crippen molar-refractivity contribution in [3.63, 3.8) is 0 Å². The fraction of sp³-hybridized carbons (Fsp3) is 0. The van der Waals surface area contributed by atoms with E-state index >= 15 is 0 Å². The Balaban J connectivity index is 2.41. The Morgan fingerprint density at radius 2 is 2.62 bits per heavy atom. The van der Waals surface area contributed by atoms with Gasteiger partial charge >= 0.3 is 0 Å². The van der Waals surface area contributed by atoms with E-state index in [1.165, 1.54) is 10.8 Å². The molecule has 0 aromatic carbocycles. The lowest BCUT2D eigenvalue weighted by molar-refractivity contribution is 0.267. The molecule has 0 fully saturated rings. The summed E-state index contributed by atoms with van der Waals surface area (Å²) in [6, 6.07) is 0. The van der Waals surface area contributed by atoms with Crippen LogP contribution in [0.4, 0.5) is 4.79 Å². The highest BCUT2D eigenvalue weighted by molar-refractivity contribution is 8.91. The zero-order valence-electron chi connectivity index (χ0n) is 4.00. The minimum Gasteiger partial charge on any atom is -0.360 e. The highest BCUT2D eigenvalue weighted by atomic mass is 33.1.